The third-order valence-corrected chi connectivity index (χ3v) is 2.88. The predicted molar refractivity (Wildman–Crippen MR) is 73.0 cm³/mol. The van der Waals surface area contributed by atoms with Crippen LogP contribution in [0.2, 0.25) is 0 Å². The number of amides is 1. The fourth-order valence-corrected chi connectivity index (χ4v) is 1.45. The van der Waals surface area contributed by atoms with Gasteiger partial charge in [-0.15, -0.1) is 0 Å². The highest BCUT2D eigenvalue weighted by molar-refractivity contribution is 5.69. The van der Waals surface area contributed by atoms with Gasteiger partial charge in [-0.05, 0) is 45.1 Å². The van der Waals surface area contributed by atoms with Crippen molar-refractivity contribution in [2.75, 3.05) is 28.2 Å². The Morgan fingerprint density at radius 2 is 1.94 bits per heavy atom. The Morgan fingerprint density at radius 1 is 1.28 bits per heavy atom. The maximum absolute atomic E-state index is 11.4. The Kier molecular flexibility index (Phi) is 5.16. The molecule has 1 unspecified atom stereocenters. The number of benzene rings is 1. The molecule has 4 nitrogen and oxygen atoms in total. The van der Waals surface area contributed by atoms with E-state index >= 15 is 0 Å². The van der Waals surface area contributed by atoms with Crippen LogP contribution >= 0.6 is 0 Å². The predicted octanol–water partition coefficient (Wildman–Crippen LogP) is 2.24. The molecule has 18 heavy (non-hydrogen) atoms. The van der Waals surface area contributed by atoms with E-state index in [-0.39, 0.29) is 6.09 Å². The first-order valence-electron chi connectivity index (χ1n) is 6.04. The van der Waals surface area contributed by atoms with Crippen molar-refractivity contribution in [1.82, 2.24) is 9.80 Å². The summed E-state index contributed by atoms with van der Waals surface area (Å²) in [5.41, 5.74) is 1.17. The van der Waals surface area contributed by atoms with E-state index in [1.807, 2.05) is 18.2 Å². The zero-order valence-corrected chi connectivity index (χ0v) is 11.8. The van der Waals surface area contributed by atoms with Crippen LogP contribution in [0.5, 0.6) is 5.75 Å². The van der Waals surface area contributed by atoms with Crippen molar-refractivity contribution in [2.45, 2.75) is 19.4 Å². The van der Waals surface area contributed by atoms with Gasteiger partial charge in [0.2, 0.25) is 0 Å². The number of hydrogen-bond acceptors (Lipinski definition) is 3. The Bertz CT molecular complexity index is 403. The van der Waals surface area contributed by atoms with Crippen LogP contribution in [-0.2, 0) is 6.42 Å². The summed E-state index contributed by atoms with van der Waals surface area (Å²) in [4.78, 5) is 15.0. The minimum absolute atomic E-state index is 0.354. The van der Waals surface area contributed by atoms with Crippen molar-refractivity contribution in [3.63, 3.8) is 0 Å². The van der Waals surface area contributed by atoms with Crippen molar-refractivity contribution < 1.29 is 9.53 Å². The second-order valence-electron chi connectivity index (χ2n) is 4.93. The minimum atomic E-state index is -0.354. The van der Waals surface area contributed by atoms with Crippen molar-refractivity contribution in [3.8, 4) is 5.75 Å². The number of hydrogen-bond donors (Lipinski definition) is 0. The molecule has 1 aromatic carbocycles. The lowest BCUT2D eigenvalue weighted by Gasteiger charge is -2.20. The number of nitrogens with zero attached hydrogens (tertiary/aromatic N) is 2. The summed E-state index contributed by atoms with van der Waals surface area (Å²) >= 11 is 0. The van der Waals surface area contributed by atoms with Gasteiger partial charge in [0, 0.05) is 20.1 Å². The van der Waals surface area contributed by atoms with Crippen LogP contribution in [0.3, 0.4) is 0 Å². The molecule has 0 saturated carbocycles. The molecular weight excluding hydrogens is 228 g/mol. The summed E-state index contributed by atoms with van der Waals surface area (Å²) in [7, 11) is 7.45. The Labute approximate surface area is 109 Å². The molecule has 0 N–H and O–H groups in total. The second kappa shape index (κ2) is 6.40. The molecule has 0 heterocycles. The lowest BCUT2D eigenvalue weighted by molar-refractivity contribution is 0.172. The van der Waals surface area contributed by atoms with E-state index < -0.39 is 0 Å². The summed E-state index contributed by atoms with van der Waals surface area (Å²) in [5.74, 6) is 0.595. The molecule has 0 aliphatic heterocycles. The fraction of sp³-hybridized carbons (Fsp3) is 0.500. The van der Waals surface area contributed by atoms with Gasteiger partial charge in [0.25, 0.3) is 0 Å². The lowest BCUT2D eigenvalue weighted by atomic mass is 10.1. The number of ether oxygens (including phenoxy) is 1. The lowest BCUT2D eigenvalue weighted by Crippen LogP contribution is -2.27. The molecule has 100 valence electrons. The fourth-order valence-electron chi connectivity index (χ4n) is 1.45. The van der Waals surface area contributed by atoms with Gasteiger partial charge in [-0.25, -0.2) is 4.79 Å². The quantitative estimate of drug-likeness (QED) is 0.821. The van der Waals surface area contributed by atoms with Crippen molar-refractivity contribution >= 4 is 6.09 Å². The van der Waals surface area contributed by atoms with Crippen LogP contribution in [0.4, 0.5) is 4.79 Å². The molecule has 0 spiro atoms. The van der Waals surface area contributed by atoms with E-state index in [1.54, 1.807) is 20.2 Å². The van der Waals surface area contributed by atoms with Crippen LogP contribution in [0.1, 0.15) is 12.5 Å². The molecule has 0 saturated heterocycles. The topological polar surface area (TPSA) is 32.8 Å². The van der Waals surface area contributed by atoms with Gasteiger partial charge in [-0.3, -0.25) is 0 Å². The van der Waals surface area contributed by atoms with Crippen molar-refractivity contribution in [2.24, 2.45) is 0 Å². The zero-order valence-electron chi connectivity index (χ0n) is 11.8. The van der Waals surface area contributed by atoms with Gasteiger partial charge in [-0.1, -0.05) is 12.1 Å². The zero-order chi connectivity index (χ0) is 13.7. The third kappa shape index (κ3) is 4.37. The van der Waals surface area contributed by atoms with Gasteiger partial charge in [0.1, 0.15) is 5.75 Å². The van der Waals surface area contributed by atoms with Crippen LogP contribution in [-0.4, -0.2) is 50.1 Å². The van der Waals surface area contributed by atoms with Crippen LogP contribution < -0.4 is 4.74 Å². The molecule has 1 atom stereocenters. The smallest absolute Gasteiger partial charge is 0.410 e. The molecule has 0 radical (unpaired) electrons. The minimum Gasteiger partial charge on any atom is -0.410 e. The molecular formula is C14H22N2O2. The normalized spacial score (nSPS) is 12.3. The largest absolute Gasteiger partial charge is 0.414 e. The van der Waals surface area contributed by atoms with Gasteiger partial charge >= 0.3 is 6.09 Å². The van der Waals surface area contributed by atoms with E-state index in [1.165, 1.54) is 10.5 Å². The number of rotatable bonds is 4. The average Bonchev–Trinajstić information content (AvgIpc) is 2.29. The maximum Gasteiger partial charge on any atom is 0.414 e. The molecule has 0 fully saturated rings. The molecule has 1 aromatic rings. The summed E-state index contributed by atoms with van der Waals surface area (Å²) in [6.45, 7) is 2.17. The Morgan fingerprint density at radius 3 is 2.50 bits per heavy atom. The molecule has 0 aliphatic carbocycles. The first-order chi connectivity index (χ1) is 8.40. The van der Waals surface area contributed by atoms with Crippen LogP contribution in [0, 0.1) is 0 Å². The molecule has 0 aromatic heterocycles. The second-order valence-corrected chi connectivity index (χ2v) is 4.93. The number of carbonyl (C=O) groups is 1. The summed E-state index contributed by atoms with van der Waals surface area (Å²) in [6.07, 6.45) is 0.577. The van der Waals surface area contributed by atoms with Crippen molar-refractivity contribution in [1.29, 1.82) is 0 Å². The van der Waals surface area contributed by atoms with E-state index in [0.717, 1.165) is 6.42 Å². The van der Waals surface area contributed by atoms with Crippen LogP contribution in [0.15, 0.2) is 24.3 Å². The molecule has 1 amide bonds. The van der Waals surface area contributed by atoms with Gasteiger partial charge in [-0.2, -0.15) is 0 Å². The number of likely N-dealkylation sites (N-methyl/N-ethyl adjacent to an activating group) is 1. The summed E-state index contributed by atoms with van der Waals surface area (Å²) in [6, 6.07) is 8.13. The van der Waals surface area contributed by atoms with E-state index in [9.17, 15) is 4.79 Å². The highest BCUT2D eigenvalue weighted by Gasteiger charge is 2.09. The highest BCUT2D eigenvalue weighted by Crippen LogP contribution is 2.16. The number of carbonyl (C=O) groups excluding carboxylic acids is 1. The van der Waals surface area contributed by atoms with E-state index in [0.29, 0.717) is 11.8 Å². The SMILES string of the molecule is CC(Cc1cccc(OC(=O)N(C)C)c1)N(C)C. The van der Waals surface area contributed by atoms with Gasteiger partial charge in [0.05, 0.1) is 0 Å². The van der Waals surface area contributed by atoms with E-state index in [2.05, 4.69) is 25.9 Å². The summed E-state index contributed by atoms with van der Waals surface area (Å²) < 4.78 is 5.23. The molecule has 1 rings (SSSR count). The molecule has 0 aliphatic rings. The van der Waals surface area contributed by atoms with E-state index in [4.69, 9.17) is 4.74 Å². The first kappa shape index (κ1) is 14.5. The van der Waals surface area contributed by atoms with Crippen LogP contribution in [0.25, 0.3) is 0 Å². The third-order valence-electron chi connectivity index (χ3n) is 2.88. The Hall–Kier alpha value is -1.55. The maximum atomic E-state index is 11.4. The standard InChI is InChI=1S/C14H22N2O2/c1-11(15(2)3)9-12-7-6-8-13(10-12)18-14(17)16(4)5/h6-8,10-11H,9H2,1-5H3. The van der Waals surface area contributed by atoms with Crippen molar-refractivity contribution in [3.05, 3.63) is 29.8 Å². The molecule has 0 bridgehead atoms. The average molecular weight is 250 g/mol. The summed E-state index contributed by atoms with van der Waals surface area (Å²) in [5, 5.41) is 0. The van der Waals surface area contributed by atoms with Gasteiger partial charge < -0.3 is 14.5 Å². The van der Waals surface area contributed by atoms with Gasteiger partial charge in [0.15, 0.2) is 0 Å². The first-order valence-corrected chi connectivity index (χ1v) is 6.04. The Balaban J connectivity index is 2.70. The highest BCUT2D eigenvalue weighted by atomic mass is 16.6. The molecule has 4 heteroatoms. The monoisotopic (exact) mass is 250 g/mol.